The number of thiophene rings is 1. The Labute approximate surface area is 159 Å². The van der Waals surface area contributed by atoms with E-state index < -0.39 is 29.6 Å². The number of anilines is 1. The molecule has 0 bridgehead atoms. The topological polar surface area (TPSA) is 93.7 Å². The summed E-state index contributed by atoms with van der Waals surface area (Å²) in [6.07, 6.45) is -0.680. The molecule has 2 N–H and O–H groups in total. The summed E-state index contributed by atoms with van der Waals surface area (Å²) >= 11 is 4.43. The van der Waals surface area contributed by atoms with Gasteiger partial charge in [-0.05, 0) is 48.7 Å². The fourth-order valence-corrected chi connectivity index (χ4v) is 3.35. The number of hydrogen-bond acceptors (Lipinski definition) is 6. The third-order valence-corrected chi connectivity index (χ3v) is 4.57. The predicted molar refractivity (Wildman–Crippen MR) is 100.0 cm³/mol. The maximum Gasteiger partial charge on any atom is 0.408 e. The van der Waals surface area contributed by atoms with E-state index >= 15 is 0 Å². The van der Waals surface area contributed by atoms with Crippen LogP contribution in [0.25, 0.3) is 0 Å². The number of hydrogen-bond donors (Lipinski definition) is 2. The molecule has 1 aromatic heterocycles. The molecule has 7 nitrogen and oxygen atoms in total. The maximum absolute atomic E-state index is 12.6. The third kappa shape index (κ3) is 6.66. The Morgan fingerprint density at radius 3 is 2.32 bits per heavy atom. The van der Waals surface area contributed by atoms with Crippen LogP contribution in [0.5, 0.6) is 0 Å². The van der Waals surface area contributed by atoms with Gasteiger partial charge in [-0.25, -0.2) is 9.59 Å². The minimum absolute atomic E-state index is 0.184. The SMILES string of the molecule is COC(=O)c1sc(Br)cc1NC(=O)C(NC(=O)OC(C)(C)C)C(C)C. The van der Waals surface area contributed by atoms with Gasteiger partial charge >= 0.3 is 12.1 Å². The van der Waals surface area contributed by atoms with Crippen molar-refractivity contribution < 1.29 is 23.9 Å². The number of nitrogens with one attached hydrogen (secondary N) is 2. The largest absolute Gasteiger partial charge is 0.465 e. The molecule has 1 aromatic rings. The summed E-state index contributed by atoms with van der Waals surface area (Å²) in [6, 6.07) is 0.790. The van der Waals surface area contributed by atoms with Gasteiger partial charge in [0.15, 0.2) is 0 Å². The van der Waals surface area contributed by atoms with E-state index in [4.69, 9.17) is 9.47 Å². The Balaban J connectivity index is 2.91. The smallest absolute Gasteiger partial charge is 0.408 e. The van der Waals surface area contributed by atoms with Crippen molar-refractivity contribution in [3.05, 3.63) is 14.7 Å². The lowest BCUT2D eigenvalue weighted by Crippen LogP contribution is -2.48. The van der Waals surface area contributed by atoms with Gasteiger partial charge in [-0.2, -0.15) is 0 Å². The molecular formula is C16H23BrN2O5S. The first kappa shape index (κ1) is 21.4. The normalized spacial score (nSPS) is 12.5. The van der Waals surface area contributed by atoms with Crippen molar-refractivity contribution in [2.75, 3.05) is 12.4 Å². The van der Waals surface area contributed by atoms with Crippen LogP contribution in [-0.2, 0) is 14.3 Å². The lowest BCUT2D eigenvalue weighted by Gasteiger charge is -2.25. The number of esters is 1. The van der Waals surface area contributed by atoms with Crippen LogP contribution in [0.3, 0.4) is 0 Å². The molecule has 0 aliphatic carbocycles. The Bertz CT molecular complexity index is 651. The van der Waals surface area contributed by atoms with Crippen LogP contribution in [0.2, 0.25) is 0 Å². The molecule has 0 spiro atoms. The fraction of sp³-hybridized carbons (Fsp3) is 0.562. The van der Waals surface area contributed by atoms with E-state index in [0.29, 0.717) is 9.47 Å². The molecule has 0 saturated heterocycles. The summed E-state index contributed by atoms with van der Waals surface area (Å²) in [5.41, 5.74) is -0.344. The molecule has 1 unspecified atom stereocenters. The quantitative estimate of drug-likeness (QED) is 0.687. The molecule has 140 valence electrons. The van der Waals surface area contributed by atoms with Crippen LogP contribution < -0.4 is 10.6 Å². The summed E-state index contributed by atoms with van der Waals surface area (Å²) in [5, 5.41) is 5.23. The zero-order chi connectivity index (χ0) is 19.4. The minimum Gasteiger partial charge on any atom is -0.465 e. The van der Waals surface area contributed by atoms with Crippen molar-refractivity contribution in [3.63, 3.8) is 0 Å². The van der Waals surface area contributed by atoms with E-state index in [9.17, 15) is 14.4 Å². The Morgan fingerprint density at radius 2 is 1.84 bits per heavy atom. The van der Waals surface area contributed by atoms with Crippen LogP contribution in [0, 0.1) is 5.92 Å². The Hall–Kier alpha value is -1.61. The molecule has 0 aromatic carbocycles. The number of carbonyl (C=O) groups is 3. The van der Waals surface area contributed by atoms with Crippen LogP contribution in [-0.4, -0.2) is 36.7 Å². The van der Waals surface area contributed by atoms with E-state index in [0.717, 1.165) is 11.3 Å². The lowest BCUT2D eigenvalue weighted by atomic mass is 10.0. The fourth-order valence-electron chi connectivity index (χ4n) is 1.88. The van der Waals surface area contributed by atoms with Gasteiger partial charge in [0.25, 0.3) is 0 Å². The number of amides is 2. The molecule has 0 fully saturated rings. The molecule has 9 heteroatoms. The van der Waals surface area contributed by atoms with Crippen LogP contribution in [0.1, 0.15) is 44.3 Å². The Morgan fingerprint density at radius 1 is 1.24 bits per heavy atom. The van der Waals surface area contributed by atoms with Gasteiger partial charge < -0.3 is 20.1 Å². The molecule has 1 rings (SSSR count). The first-order valence-electron chi connectivity index (χ1n) is 7.62. The molecule has 2 amide bonds. The van der Waals surface area contributed by atoms with Crippen molar-refractivity contribution in [2.45, 2.75) is 46.3 Å². The molecular weight excluding hydrogens is 412 g/mol. The summed E-state index contributed by atoms with van der Waals surface area (Å²) in [5.74, 6) is -1.18. The first-order chi connectivity index (χ1) is 11.4. The van der Waals surface area contributed by atoms with Gasteiger partial charge in [0.1, 0.15) is 16.5 Å². The third-order valence-electron chi connectivity index (χ3n) is 2.95. The van der Waals surface area contributed by atoms with Crippen molar-refractivity contribution in [1.29, 1.82) is 0 Å². The molecule has 0 aliphatic heterocycles. The highest BCUT2D eigenvalue weighted by atomic mass is 79.9. The summed E-state index contributed by atoms with van der Waals surface area (Å²) < 4.78 is 10.6. The average molecular weight is 435 g/mol. The van der Waals surface area contributed by atoms with E-state index in [2.05, 4.69) is 26.6 Å². The highest BCUT2D eigenvalue weighted by Crippen LogP contribution is 2.32. The molecule has 25 heavy (non-hydrogen) atoms. The van der Waals surface area contributed by atoms with Crippen LogP contribution in [0.15, 0.2) is 9.85 Å². The number of rotatable bonds is 5. The van der Waals surface area contributed by atoms with Gasteiger partial charge in [-0.15, -0.1) is 11.3 Å². The zero-order valence-corrected chi connectivity index (χ0v) is 17.5. The monoisotopic (exact) mass is 434 g/mol. The lowest BCUT2D eigenvalue weighted by molar-refractivity contribution is -0.119. The standard InChI is InChI=1S/C16H23BrN2O5S/c1-8(2)11(19-15(22)24-16(3,4)5)13(20)18-9-7-10(17)25-12(9)14(21)23-6/h7-8,11H,1-6H3,(H,18,20)(H,19,22). The Kier molecular flexibility index (Phi) is 7.43. The summed E-state index contributed by atoms with van der Waals surface area (Å²) in [6.45, 7) is 8.81. The van der Waals surface area contributed by atoms with Gasteiger partial charge in [0.2, 0.25) is 5.91 Å². The number of methoxy groups -OCH3 is 1. The maximum atomic E-state index is 12.6. The van der Waals surface area contributed by atoms with Gasteiger partial charge in [-0.1, -0.05) is 13.8 Å². The minimum atomic E-state index is -0.820. The van der Waals surface area contributed by atoms with Crippen molar-refractivity contribution in [1.82, 2.24) is 5.32 Å². The molecule has 0 radical (unpaired) electrons. The molecule has 0 saturated carbocycles. The second-order valence-corrected chi connectivity index (χ2v) is 9.07. The van der Waals surface area contributed by atoms with Crippen molar-refractivity contribution >= 4 is 50.9 Å². The highest BCUT2D eigenvalue weighted by Gasteiger charge is 2.28. The first-order valence-corrected chi connectivity index (χ1v) is 9.23. The van der Waals surface area contributed by atoms with Crippen molar-refractivity contribution in [2.24, 2.45) is 5.92 Å². The van der Waals surface area contributed by atoms with Crippen molar-refractivity contribution in [3.8, 4) is 0 Å². The predicted octanol–water partition coefficient (Wildman–Crippen LogP) is 3.79. The van der Waals surface area contributed by atoms with E-state index in [1.807, 2.05) is 0 Å². The van der Waals surface area contributed by atoms with E-state index in [-0.39, 0.29) is 10.8 Å². The van der Waals surface area contributed by atoms with E-state index in [1.165, 1.54) is 7.11 Å². The van der Waals surface area contributed by atoms with Crippen LogP contribution in [0.4, 0.5) is 10.5 Å². The second-order valence-electron chi connectivity index (χ2n) is 6.64. The number of ether oxygens (including phenoxy) is 2. The summed E-state index contributed by atoms with van der Waals surface area (Å²) in [7, 11) is 1.27. The molecule has 1 heterocycles. The highest BCUT2D eigenvalue weighted by molar-refractivity contribution is 9.11. The van der Waals surface area contributed by atoms with Gasteiger partial charge in [0, 0.05) is 0 Å². The number of halogens is 1. The number of carbonyl (C=O) groups excluding carboxylic acids is 3. The second kappa shape index (κ2) is 8.66. The van der Waals surface area contributed by atoms with Gasteiger partial charge in [0.05, 0.1) is 16.6 Å². The number of alkyl carbamates (subject to hydrolysis) is 1. The summed E-state index contributed by atoms with van der Waals surface area (Å²) in [4.78, 5) is 36.6. The average Bonchev–Trinajstić information content (AvgIpc) is 2.82. The zero-order valence-electron chi connectivity index (χ0n) is 15.1. The van der Waals surface area contributed by atoms with E-state index in [1.54, 1.807) is 40.7 Å². The molecule has 0 aliphatic rings. The molecule has 1 atom stereocenters. The van der Waals surface area contributed by atoms with Crippen LogP contribution >= 0.6 is 27.3 Å². The van der Waals surface area contributed by atoms with Gasteiger partial charge in [-0.3, -0.25) is 4.79 Å².